The summed E-state index contributed by atoms with van der Waals surface area (Å²) >= 11 is 20.3. The number of esters is 3. The minimum absolute atomic E-state index is 0.0000698. The van der Waals surface area contributed by atoms with E-state index in [1.54, 1.807) is 46.2 Å². The van der Waals surface area contributed by atoms with Gasteiger partial charge in [0.25, 0.3) is 0 Å². The van der Waals surface area contributed by atoms with Gasteiger partial charge in [-0.05, 0) is 150 Å². The molecule has 5 aliphatic heterocycles. The second kappa shape index (κ2) is 42.1. The average Bonchev–Trinajstić information content (AvgIpc) is 1.55. The number of piperazine rings is 3. The standard InChI is InChI=1S/C23H33N7O4S2.C16H23N5O3S.C8H13N3OS.C8H10N2O2.C6H12N2O/c1-28-7-9-30(10-8-28)20(32)15-25-23(36)27-18-12-16(21(33)34-2)11-17(13-18)26-22(35)24-14-19(31)29-5-3-4-6-29;1-20-3-5-21(6-4-20)14(22)10-18-16(25)19-13-8-11(15(23)24-2)7-12(17)9-13;1-10-2-4-11(5-3-10)8(12)6-9-7-13;1-12-8(11)5-2-6(9)4-7(10)3-5;7-5-6(9)8-3-1-2-4-8/h11-13H,3-10,14-15H2,1-2H3,(H2,24,26,35)(H2,25,27,36);7-9H,3-6,10,17H2,1-2H3,(H2,18,19,25);2-6H2,1H3;2-4H,9-10H2,1H3;1-5,7H2. The van der Waals surface area contributed by atoms with Gasteiger partial charge in [0.15, 0.2) is 15.3 Å². The number of methoxy groups -OCH3 is 3. The van der Waals surface area contributed by atoms with Gasteiger partial charge in [-0.15, -0.1) is 0 Å². The van der Waals surface area contributed by atoms with E-state index >= 15 is 0 Å². The van der Waals surface area contributed by atoms with Crippen LogP contribution in [0.2, 0.25) is 0 Å². The van der Waals surface area contributed by atoms with Crippen molar-refractivity contribution in [2.45, 2.75) is 25.7 Å². The predicted molar refractivity (Wildman–Crippen MR) is 382 cm³/mol. The smallest absolute Gasteiger partial charge is 0.337 e. The summed E-state index contributed by atoms with van der Waals surface area (Å²) in [7, 11) is 10.0. The molecule has 30 nitrogen and oxygen atoms in total. The molecular formula is C61H91N19O11S4. The van der Waals surface area contributed by atoms with Crippen LogP contribution in [-0.2, 0) is 38.2 Å². The number of aliphatic imine (C=N–C) groups is 1. The highest BCUT2D eigenvalue weighted by atomic mass is 32.1. The Labute approximate surface area is 576 Å². The number of ether oxygens (including phenoxy) is 3. The lowest BCUT2D eigenvalue weighted by molar-refractivity contribution is -0.132. The van der Waals surface area contributed by atoms with E-state index in [0.717, 1.165) is 117 Å². The highest BCUT2D eigenvalue weighted by Crippen LogP contribution is 2.21. The van der Waals surface area contributed by atoms with Gasteiger partial charge in [0, 0.05) is 139 Å². The number of nitrogens with two attached hydrogens (primary N) is 4. The van der Waals surface area contributed by atoms with Crippen molar-refractivity contribution in [3.05, 3.63) is 71.3 Å². The third-order valence-electron chi connectivity index (χ3n) is 15.0. The summed E-state index contributed by atoms with van der Waals surface area (Å²) in [6.07, 6.45) is 4.33. The van der Waals surface area contributed by atoms with Gasteiger partial charge in [-0.25, -0.2) is 19.4 Å². The number of amides is 5. The summed E-state index contributed by atoms with van der Waals surface area (Å²) in [5, 5.41) is 20.6. The van der Waals surface area contributed by atoms with E-state index in [9.17, 15) is 38.4 Å². The lowest BCUT2D eigenvalue weighted by atomic mass is 10.1. The summed E-state index contributed by atoms with van der Waals surface area (Å²) in [4.78, 5) is 113. The summed E-state index contributed by atoms with van der Waals surface area (Å²) < 4.78 is 14.0. The van der Waals surface area contributed by atoms with Crippen LogP contribution in [0.5, 0.6) is 0 Å². The number of rotatable bonds is 15. The number of benzene rings is 3. The molecule has 5 aliphatic rings. The largest absolute Gasteiger partial charge is 0.465 e. The fourth-order valence-electron chi connectivity index (χ4n) is 9.64. The van der Waals surface area contributed by atoms with Crippen LogP contribution >= 0.6 is 48.9 Å². The number of hydrogen-bond acceptors (Lipinski definition) is 23. The van der Waals surface area contributed by atoms with E-state index in [1.807, 2.05) is 28.8 Å². The summed E-state index contributed by atoms with van der Waals surface area (Å²) in [5.41, 5.74) is 25.7. The molecule has 0 atom stereocenters. The van der Waals surface area contributed by atoms with Crippen molar-refractivity contribution < 1.29 is 52.6 Å². The summed E-state index contributed by atoms with van der Waals surface area (Å²) in [6.45, 7) is 13.6. The number of likely N-dealkylation sites (N-methyl/N-ethyl adjacent to an activating group) is 3. The molecule has 0 radical (unpaired) electrons. The van der Waals surface area contributed by atoms with Crippen LogP contribution in [0, 0.1) is 0 Å². The molecule has 0 aliphatic carbocycles. The average molecular weight is 1390 g/mol. The fraction of sp³-hybridized carbons (Fsp3) is 0.508. The molecule has 5 heterocycles. The fourth-order valence-corrected chi connectivity index (χ4v) is 10.3. The highest BCUT2D eigenvalue weighted by molar-refractivity contribution is 7.81. The molecule has 0 aromatic heterocycles. The van der Waals surface area contributed by atoms with Crippen LogP contribution in [0.4, 0.5) is 34.1 Å². The Hall–Kier alpha value is -8.47. The van der Waals surface area contributed by atoms with E-state index < -0.39 is 17.9 Å². The van der Waals surface area contributed by atoms with Crippen LogP contribution in [0.25, 0.3) is 0 Å². The second-order valence-electron chi connectivity index (χ2n) is 22.3. The van der Waals surface area contributed by atoms with Crippen molar-refractivity contribution in [2.75, 3.05) is 213 Å². The molecular weight excluding hydrogens is 1300 g/mol. The Kier molecular flexibility index (Phi) is 35.0. The normalized spacial score (nSPS) is 15.3. The number of carbonyl (C=O) groups is 8. The molecule has 8 rings (SSSR count). The van der Waals surface area contributed by atoms with E-state index in [2.05, 4.69) is 85.5 Å². The maximum Gasteiger partial charge on any atom is 0.337 e. The van der Waals surface area contributed by atoms with Crippen LogP contribution < -0.4 is 54.8 Å². The molecule has 95 heavy (non-hydrogen) atoms. The first-order chi connectivity index (χ1) is 45.3. The number of carbonyl (C=O) groups excluding carboxylic acids is 8. The van der Waals surface area contributed by atoms with Gasteiger partial charge in [0.2, 0.25) is 29.5 Å². The van der Waals surface area contributed by atoms with E-state index in [-0.39, 0.29) is 83.2 Å². The van der Waals surface area contributed by atoms with Gasteiger partial charge < -0.3 is 108 Å². The number of isothiocyanates is 1. The predicted octanol–water partition coefficient (Wildman–Crippen LogP) is 0.626. The first-order valence-corrected chi connectivity index (χ1v) is 32.3. The molecule has 520 valence electrons. The van der Waals surface area contributed by atoms with Gasteiger partial charge in [0.1, 0.15) is 6.54 Å². The number of nitrogen functional groups attached to an aromatic ring is 3. The van der Waals surface area contributed by atoms with Crippen LogP contribution in [0.15, 0.2) is 59.6 Å². The lowest BCUT2D eigenvalue weighted by Gasteiger charge is -2.32. The number of anilines is 6. The maximum atomic E-state index is 12.5. The van der Waals surface area contributed by atoms with Crippen LogP contribution in [-0.4, -0.2) is 287 Å². The quantitative estimate of drug-likeness (QED) is 0.0328. The molecule has 0 spiro atoms. The summed E-state index contributed by atoms with van der Waals surface area (Å²) in [6, 6.07) is 14.2. The highest BCUT2D eigenvalue weighted by Gasteiger charge is 2.23. The van der Waals surface area contributed by atoms with Gasteiger partial charge >= 0.3 is 17.9 Å². The van der Waals surface area contributed by atoms with Crippen molar-refractivity contribution >= 4 is 151 Å². The zero-order valence-electron chi connectivity index (χ0n) is 54.8. The minimum atomic E-state index is -0.533. The molecule has 3 aromatic rings. The Morgan fingerprint density at radius 2 is 0.705 bits per heavy atom. The Morgan fingerprint density at radius 3 is 1.03 bits per heavy atom. The molecule has 3 aromatic carbocycles. The number of thiocarbonyl (C=S) groups is 4. The third-order valence-corrected chi connectivity index (χ3v) is 15.9. The third kappa shape index (κ3) is 29.4. The molecule has 0 bridgehead atoms. The van der Waals surface area contributed by atoms with Gasteiger partial charge in [-0.2, -0.15) is 0 Å². The number of nitrogens with one attached hydrogen (secondary N) is 6. The van der Waals surface area contributed by atoms with Crippen molar-refractivity contribution in [3.63, 3.8) is 0 Å². The Morgan fingerprint density at radius 1 is 0.421 bits per heavy atom. The second-order valence-corrected chi connectivity index (χ2v) is 23.7. The molecule has 5 amide bonds. The molecule has 5 fully saturated rings. The lowest BCUT2D eigenvalue weighted by Crippen LogP contribution is -2.50. The molecule has 5 saturated heterocycles. The summed E-state index contributed by atoms with van der Waals surface area (Å²) in [5.74, 6) is -1.36. The SMILES string of the molecule is CN1CCN(C(=O)CN=C=S)CC1.COC(=O)c1cc(N)cc(N)c1.COC(=O)c1cc(N)cc(NC(=S)NCC(=O)N2CCN(C)CC2)c1.COC(=O)c1cc(NC(=S)NCC(=O)N2CCCC2)cc(NC(=S)NCC(=O)N2CCN(C)CC2)c1.NCC(=O)N1CCCC1. The minimum Gasteiger partial charge on any atom is -0.465 e. The van der Waals surface area contributed by atoms with Crippen LogP contribution in [0.3, 0.4) is 0 Å². The first kappa shape index (κ1) is 79.0. The monoisotopic (exact) mass is 1390 g/mol. The van der Waals surface area contributed by atoms with Gasteiger partial charge in [-0.1, -0.05) is 0 Å². The number of nitrogens with zero attached hydrogens (tertiary/aromatic N) is 9. The topological polar surface area (TPSA) is 379 Å². The molecule has 0 unspecified atom stereocenters. The number of hydrogen-bond donors (Lipinski definition) is 10. The van der Waals surface area contributed by atoms with Gasteiger partial charge in [0.05, 0.1) is 69.4 Å². The van der Waals surface area contributed by atoms with Crippen molar-refractivity contribution in [2.24, 2.45) is 10.7 Å². The van der Waals surface area contributed by atoms with E-state index in [4.69, 9.17) is 64.3 Å². The first-order valence-electron chi connectivity index (χ1n) is 30.6. The van der Waals surface area contributed by atoms with E-state index in [0.29, 0.717) is 58.3 Å². The van der Waals surface area contributed by atoms with Gasteiger partial charge in [-0.3, -0.25) is 24.0 Å². The van der Waals surface area contributed by atoms with Crippen LogP contribution in [0.1, 0.15) is 56.8 Å². The van der Waals surface area contributed by atoms with E-state index in [1.165, 1.54) is 39.5 Å². The van der Waals surface area contributed by atoms with Crippen molar-refractivity contribution in [1.29, 1.82) is 0 Å². The van der Waals surface area contributed by atoms with Crippen molar-refractivity contribution in [1.82, 2.24) is 55.1 Å². The zero-order valence-corrected chi connectivity index (χ0v) is 58.1. The Balaban J connectivity index is 0.000000279. The Bertz CT molecular complexity index is 3140. The molecule has 34 heteroatoms. The maximum absolute atomic E-state index is 12.5. The van der Waals surface area contributed by atoms with Crippen molar-refractivity contribution in [3.8, 4) is 0 Å². The zero-order chi connectivity index (χ0) is 70.0. The molecule has 14 N–H and O–H groups in total. The molecule has 0 saturated carbocycles. The number of likely N-dealkylation sites (tertiary alicyclic amines) is 2.